The fourth-order valence-electron chi connectivity index (χ4n) is 1.97. The van der Waals surface area contributed by atoms with Gasteiger partial charge in [-0.15, -0.1) is 0 Å². The predicted molar refractivity (Wildman–Crippen MR) is 77.9 cm³/mol. The van der Waals surface area contributed by atoms with E-state index in [2.05, 4.69) is 15.3 Å². The molecule has 0 aromatic carbocycles. The molecule has 0 saturated heterocycles. The Hall–Kier alpha value is -2.47. The van der Waals surface area contributed by atoms with Gasteiger partial charge in [0, 0.05) is 18.3 Å². The summed E-state index contributed by atoms with van der Waals surface area (Å²) in [5.41, 5.74) is 5.36. The number of nitrogens with two attached hydrogens (primary N) is 1. The number of hydrogen-bond donors (Lipinski definition) is 2. The molecule has 0 unspecified atom stereocenters. The molecule has 0 atom stereocenters. The van der Waals surface area contributed by atoms with Gasteiger partial charge < -0.3 is 10.3 Å². The average molecular weight is 293 g/mol. The van der Waals surface area contributed by atoms with Crippen LogP contribution in [0.5, 0.6) is 0 Å². The van der Waals surface area contributed by atoms with Gasteiger partial charge in [0.2, 0.25) is 12.0 Å². The number of carbonyl (C=O) groups is 1. The van der Waals surface area contributed by atoms with Crippen LogP contribution < -0.4 is 16.6 Å². The summed E-state index contributed by atoms with van der Waals surface area (Å²) in [6.45, 7) is 2.89. The first-order valence-electron chi connectivity index (χ1n) is 6.73. The molecule has 0 fully saturated rings. The lowest BCUT2D eigenvalue weighted by molar-refractivity contribution is 0.259. The van der Waals surface area contributed by atoms with E-state index in [0.29, 0.717) is 18.8 Å². The SMILES string of the molecule is Cc1cc(=O)nc(NC(N)=O)n1CCCCCCN=C=O. The first-order valence-corrected chi connectivity index (χ1v) is 6.73. The molecular weight excluding hydrogens is 274 g/mol. The third-order valence-corrected chi connectivity index (χ3v) is 2.93. The Kier molecular flexibility index (Phi) is 6.83. The third kappa shape index (κ3) is 6.01. The Labute approximate surface area is 122 Å². The molecule has 8 heteroatoms. The number of isocyanates is 1. The van der Waals surface area contributed by atoms with Crippen molar-refractivity contribution in [2.24, 2.45) is 10.7 Å². The van der Waals surface area contributed by atoms with Crippen LogP contribution in [0.4, 0.5) is 10.7 Å². The first-order chi connectivity index (χ1) is 10.0. The Bertz CT molecular complexity index is 590. The lowest BCUT2D eigenvalue weighted by atomic mass is 10.2. The van der Waals surface area contributed by atoms with E-state index in [0.717, 1.165) is 25.7 Å². The van der Waals surface area contributed by atoms with Gasteiger partial charge >= 0.3 is 6.03 Å². The highest BCUT2D eigenvalue weighted by molar-refractivity contribution is 5.85. The van der Waals surface area contributed by atoms with Gasteiger partial charge in [0.15, 0.2) is 0 Å². The van der Waals surface area contributed by atoms with Gasteiger partial charge in [0.25, 0.3) is 5.56 Å². The van der Waals surface area contributed by atoms with Crippen LogP contribution in [0, 0.1) is 6.92 Å². The molecule has 1 aromatic rings. The average Bonchev–Trinajstić information content (AvgIpc) is 2.39. The number of aliphatic imine (C=N–C) groups is 1. The molecular formula is C13H19N5O3. The van der Waals surface area contributed by atoms with Crippen molar-refractivity contribution in [3.8, 4) is 0 Å². The summed E-state index contributed by atoms with van der Waals surface area (Å²) in [7, 11) is 0. The lowest BCUT2D eigenvalue weighted by Gasteiger charge is -2.14. The largest absolute Gasteiger partial charge is 0.351 e. The fourth-order valence-corrected chi connectivity index (χ4v) is 1.97. The molecule has 0 bridgehead atoms. The third-order valence-electron chi connectivity index (χ3n) is 2.93. The monoisotopic (exact) mass is 293 g/mol. The molecule has 8 nitrogen and oxygen atoms in total. The van der Waals surface area contributed by atoms with Gasteiger partial charge in [-0.05, 0) is 19.8 Å². The quantitative estimate of drug-likeness (QED) is 0.421. The summed E-state index contributed by atoms with van der Waals surface area (Å²) in [5, 5.41) is 2.36. The van der Waals surface area contributed by atoms with Gasteiger partial charge in [-0.2, -0.15) is 4.98 Å². The van der Waals surface area contributed by atoms with Crippen molar-refractivity contribution in [1.82, 2.24) is 9.55 Å². The second-order valence-corrected chi connectivity index (χ2v) is 4.59. The van der Waals surface area contributed by atoms with Gasteiger partial charge in [0.1, 0.15) is 0 Å². The molecule has 1 rings (SSSR count). The highest BCUT2D eigenvalue weighted by atomic mass is 16.2. The number of rotatable bonds is 8. The lowest BCUT2D eigenvalue weighted by Crippen LogP contribution is -2.27. The minimum atomic E-state index is -0.757. The van der Waals surface area contributed by atoms with Crippen LogP contribution in [0.2, 0.25) is 0 Å². The molecule has 0 aliphatic carbocycles. The maximum atomic E-state index is 11.4. The van der Waals surface area contributed by atoms with E-state index in [-0.39, 0.29) is 5.95 Å². The molecule has 114 valence electrons. The van der Waals surface area contributed by atoms with Crippen LogP contribution in [-0.2, 0) is 11.3 Å². The van der Waals surface area contributed by atoms with Crippen molar-refractivity contribution in [2.75, 3.05) is 11.9 Å². The number of aromatic nitrogens is 2. The van der Waals surface area contributed by atoms with Crippen LogP contribution in [0.3, 0.4) is 0 Å². The fraction of sp³-hybridized carbons (Fsp3) is 0.538. The van der Waals surface area contributed by atoms with Gasteiger partial charge in [-0.3, -0.25) is 10.1 Å². The highest BCUT2D eigenvalue weighted by Gasteiger charge is 2.08. The van der Waals surface area contributed by atoms with Crippen molar-refractivity contribution < 1.29 is 9.59 Å². The number of hydrogen-bond acceptors (Lipinski definition) is 5. The minimum absolute atomic E-state index is 0.165. The van der Waals surface area contributed by atoms with E-state index in [4.69, 9.17) is 5.73 Å². The number of amides is 2. The van der Waals surface area contributed by atoms with E-state index in [1.54, 1.807) is 11.5 Å². The van der Waals surface area contributed by atoms with Crippen LogP contribution in [0.25, 0.3) is 0 Å². The van der Waals surface area contributed by atoms with Crippen LogP contribution >= 0.6 is 0 Å². The number of aryl methyl sites for hydroxylation is 1. The zero-order chi connectivity index (χ0) is 15.7. The van der Waals surface area contributed by atoms with Crippen molar-refractivity contribution in [1.29, 1.82) is 0 Å². The van der Waals surface area contributed by atoms with Crippen molar-refractivity contribution >= 4 is 18.1 Å². The van der Waals surface area contributed by atoms with E-state index >= 15 is 0 Å². The molecule has 0 radical (unpaired) electrons. The van der Waals surface area contributed by atoms with Crippen LogP contribution in [-0.4, -0.2) is 28.2 Å². The maximum absolute atomic E-state index is 11.4. The minimum Gasteiger partial charge on any atom is -0.351 e. The molecule has 0 saturated carbocycles. The Morgan fingerprint density at radius 1 is 1.43 bits per heavy atom. The summed E-state index contributed by atoms with van der Waals surface area (Å²) < 4.78 is 1.75. The summed E-state index contributed by atoms with van der Waals surface area (Å²) in [5.74, 6) is 0.165. The second kappa shape index (κ2) is 8.65. The zero-order valence-electron chi connectivity index (χ0n) is 12.0. The summed E-state index contributed by atoms with van der Waals surface area (Å²) in [6, 6.07) is 0.651. The summed E-state index contributed by atoms with van der Waals surface area (Å²) in [4.78, 5) is 39.4. The van der Waals surface area contributed by atoms with Crippen LogP contribution in [0.15, 0.2) is 15.9 Å². The molecule has 1 heterocycles. The molecule has 21 heavy (non-hydrogen) atoms. The number of unbranched alkanes of at least 4 members (excludes halogenated alkanes) is 3. The molecule has 0 aliphatic heterocycles. The second-order valence-electron chi connectivity index (χ2n) is 4.59. The van der Waals surface area contributed by atoms with Crippen molar-refractivity contribution in [3.63, 3.8) is 0 Å². The van der Waals surface area contributed by atoms with Gasteiger partial charge in [0.05, 0.1) is 6.54 Å². The number of nitrogens with one attached hydrogen (secondary N) is 1. The zero-order valence-corrected chi connectivity index (χ0v) is 12.0. The summed E-state index contributed by atoms with van der Waals surface area (Å²) in [6.07, 6.45) is 5.07. The normalized spacial score (nSPS) is 9.95. The molecule has 0 aliphatic rings. The number of anilines is 1. The van der Waals surface area contributed by atoms with Crippen molar-refractivity contribution in [2.45, 2.75) is 39.2 Å². The van der Waals surface area contributed by atoms with E-state index in [1.165, 1.54) is 12.1 Å². The molecule has 2 amide bonds. The number of carbonyl (C=O) groups excluding carboxylic acids is 2. The van der Waals surface area contributed by atoms with E-state index < -0.39 is 11.6 Å². The number of primary amides is 1. The Morgan fingerprint density at radius 2 is 2.14 bits per heavy atom. The maximum Gasteiger partial charge on any atom is 0.318 e. The Balaban J connectivity index is 2.59. The van der Waals surface area contributed by atoms with E-state index in [1.807, 2.05) is 0 Å². The van der Waals surface area contributed by atoms with Gasteiger partial charge in [-0.25, -0.2) is 14.6 Å². The van der Waals surface area contributed by atoms with E-state index in [9.17, 15) is 14.4 Å². The Morgan fingerprint density at radius 3 is 2.81 bits per heavy atom. The predicted octanol–water partition coefficient (Wildman–Crippen LogP) is 0.939. The van der Waals surface area contributed by atoms with Crippen LogP contribution in [0.1, 0.15) is 31.4 Å². The smallest absolute Gasteiger partial charge is 0.318 e. The summed E-state index contributed by atoms with van der Waals surface area (Å²) >= 11 is 0. The number of nitrogens with zero attached hydrogens (tertiary/aromatic N) is 3. The first kappa shape index (κ1) is 16.6. The molecule has 1 aromatic heterocycles. The van der Waals surface area contributed by atoms with Gasteiger partial charge in [-0.1, -0.05) is 12.8 Å². The van der Waals surface area contributed by atoms with Crippen molar-refractivity contribution in [3.05, 3.63) is 22.1 Å². The molecule has 0 spiro atoms. The standard InChI is InChI=1S/C13H19N5O3/c1-10-8-11(20)16-13(17-12(14)21)18(10)7-5-3-2-4-6-15-9-19/h8H,2-7H2,1H3,(H3,14,16,17,20,21). The molecule has 3 N–H and O–H groups in total. The number of urea groups is 1. The highest BCUT2D eigenvalue weighted by Crippen LogP contribution is 2.09. The topological polar surface area (TPSA) is 119 Å².